The van der Waals surface area contributed by atoms with E-state index < -0.39 is 0 Å². The SMILES string of the molecule is COc1ccc(COc2cc(Cl)nc3ccnc(C)c23)cc1. The van der Waals surface area contributed by atoms with Crippen LogP contribution < -0.4 is 9.47 Å². The normalized spacial score (nSPS) is 10.7. The van der Waals surface area contributed by atoms with Crippen LogP contribution in [-0.2, 0) is 6.61 Å². The predicted molar refractivity (Wildman–Crippen MR) is 86.6 cm³/mol. The molecule has 22 heavy (non-hydrogen) atoms. The Bertz CT molecular complexity index is 804. The fraction of sp³-hybridized carbons (Fsp3) is 0.176. The summed E-state index contributed by atoms with van der Waals surface area (Å²) in [6.45, 7) is 2.37. The minimum Gasteiger partial charge on any atom is -0.497 e. The molecule has 0 aliphatic rings. The molecule has 0 aliphatic heterocycles. The second-order valence-electron chi connectivity index (χ2n) is 4.87. The first-order valence-electron chi connectivity index (χ1n) is 6.85. The second kappa shape index (κ2) is 6.20. The molecule has 0 N–H and O–H groups in total. The molecule has 0 amide bonds. The Morgan fingerprint density at radius 2 is 1.91 bits per heavy atom. The van der Waals surface area contributed by atoms with Crippen molar-refractivity contribution in [3.63, 3.8) is 0 Å². The van der Waals surface area contributed by atoms with E-state index in [2.05, 4.69) is 9.97 Å². The van der Waals surface area contributed by atoms with Gasteiger partial charge in [0.25, 0.3) is 0 Å². The van der Waals surface area contributed by atoms with E-state index in [1.54, 1.807) is 19.4 Å². The van der Waals surface area contributed by atoms with Crippen LogP contribution in [0.25, 0.3) is 10.9 Å². The molecule has 0 radical (unpaired) electrons. The van der Waals surface area contributed by atoms with Gasteiger partial charge in [-0.1, -0.05) is 23.7 Å². The van der Waals surface area contributed by atoms with Crippen molar-refractivity contribution in [2.75, 3.05) is 7.11 Å². The van der Waals surface area contributed by atoms with E-state index in [1.165, 1.54) is 0 Å². The lowest BCUT2D eigenvalue weighted by Gasteiger charge is -2.11. The highest BCUT2D eigenvalue weighted by Gasteiger charge is 2.09. The third-order valence-corrected chi connectivity index (χ3v) is 3.59. The molecule has 0 fully saturated rings. The van der Waals surface area contributed by atoms with Gasteiger partial charge in [0.15, 0.2) is 0 Å². The molecule has 0 bridgehead atoms. The van der Waals surface area contributed by atoms with Gasteiger partial charge in [0.1, 0.15) is 23.3 Å². The van der Waals surface area contributed by atoms with E-state index in [1.807, 2.05) is 37.3 Å². The van der Waals surface area contributed by atoms with Gasteiger partial charge in [-0.2, -0.15) is 0 Å². The number of ether oxygens (including phenoxy) is 2. The minimum absolute atomic E-state index is 0.405. The fourth-order valence-corrected chi connectivity index (χ4v) is 2.47. The van der Waals surface area contributed by atoms with Gasteiger partial charge in [0.05, 0.1) is 23.7 Å². The number of hydrogen-bond donors (Lipinski definition) is 0. The Labute approximate surface area is 133 Å². The highest BCUT2D eigenvalue weighted by atomic mass is 35.5. The predicted octanol–water partition coefficient (Wildman–Crippen LogP) is 4.18. The topological polar surface area (TPSA) is 44.2 Å². The van der Waals surface area contributed by atoms with Gasteiger partial charge in [-0.25, -0.2) is 4.98 Å². The molecule has 0 atom stereocenters. The van der Waals surface area contributed by atoms with Crippen molar-refractivity contribution < 1.29 is 9.47 Å². The first kappa shape index (κ1) is 14.6. The summed E-state index contributed by atoms with van der Waals surface area (Å²) in [6, 6.07) is 11.3. The number of nitrogens with zero attached hydrogens (tertiary/aromatic N) is 2. The van der Waals surface area contributed by atoms with Crippen LogP contribution >= 0.6 is 11.6 Å². The molecule has 0 aliphatic carbocycles. The van der Waals surface area contributed by atoms with Crippen LogP contribution in [0.2, 0.25) is 5.15 Å². The number of benzene rings is 1. The molecule has 0 saturated heterocycles. The first-order valence-corrected chi connectivity index (χ1v) is 7.23. The molecular formula is C17H15ClN2O2. The maximum Gasteiger partial charge on any atom is 0.134 e. The summed E-state index contributed by atoms with van der Waals surface area (Å²) < 4.78 is 11.1. The molecule has 3 rings (SSSR count). The maximum absolute atomic E-state index is 6.07. The Morgan fingerprint density at radius 1 is 1.14 bits per heavy atom. The van der Waals surface area contributed by atoms with E-state index in [0.717, 1.165) is 27.9 Å². The second-order valence-corrected chi connectivity index (χ2v) is 5.26. The van der Waals surface area contributed by atoms with Crippen LogP contribution in [0.5, 0.6) is 11.5 Å². The van der Waals surface area contributed by atoms with Crippen molar-refractivity contribution in [2.45, 2.75) is 13.5 Å². The van der Waals surface area contributed by atoms with Crippen molar-refractivity contribution in [2.24, 2.45) is 0 Å². The molecule has 3 aromatic rings. The van der Waals surface area contributed by atoms with E-state index in [4.69, 9.17) is 21.1 Å². The van der Waals surface area contributed by atoms with Crippen molar-refractivity contribution in [3.05, 3.63) is 59.0 Å². The average Bonchev–Trinajstić information content (AvgIpc) is 2.53. The highest BCUT2D eigenvalue weighted by molar-refractivity contribution is 6.30. The van der Waals surface area contributed by atoms with Crippen LogP contribution in [0.15, 0.2) is 42.6 Å². The van der Waals surface area contributed by atoms with Crippen molar-refractivity contribution in [3.8, 4) is 11.5 Å². The monoisotopic (exact) mass is 314 g/mol. The molecule has 0 saturated carbocycles. The summed E-state index contributed by atoms with van der Waals surface area (Å²) in [5, 5.41) is 1.29. The zero-order chi connectivity index (χ0) is 15.5. The van der Waals surface area contributed by atoms with E-state index in [-0.39, 0.29) is 0 Å². The molecule has 4 nitrogen and oxygen atoms in total. The zero-order valence-corrected chi connectivity index (χ0v) is 13.1. The van der Waals surface area contributed by atoms with E-state index in [9.17, 15) is 0 Å². The lowest BCUT2D eigenvalue weighted by Crippen LogP contribution is -1.98. The minimum atomic E-state index is 0.405. The summed E-state index contributed by atoms with van der Waals surface area (Å²) >= 11 is 6.07. The number of aromatic nitrogens is 2. The Morgan fingerprint density at radius 3 is 2.64 bits per heavy atom. The Hall–Kier alpha value is -2.33. The lowest BCUT2D eigenvalue weighted by molar-refractivity contribution is 0.309. The molecular weight excluding hydrogens is 300 g/mol. The van der Waals surface area contributed by atoms with E-state index in [0.29, 0.717) is 17.5 Å². The number of aryl methyl sites for hydroxylation is 1. The zero-order valence-electron chi connectivity index (χ0n) is 12.3. The van der Waals surface area contributed by atoms with Gasteiger partial charge >= 0.3 is 0 Å². The quantitative estimate of drug-likeness (QED) is 0.678. The first-order chi connectivity index (χ1) is 10.7. The molecule has 0 unspecified atom stereocenters. The highest BCUT2D eigenvalue weighted by Crippen LogP contribution is 2.29. The smallest absolute Gasteiger partial charge is 0.134 e. The molecule has 2 aromatic heterocycles. The van der Waals surface area contributed by atoms with Crippen LogP contribution in [0, 0.1) is 6.92 Å². The number of halogens is 1. The Balaban J connectivity index is 1.89. The number of fused-ring (bicyclic) bond motifs is 1. The van der Waals surface area contributed by atoms with Gasteiger partial charge in [-0.05, 0) is 30.7 Å². The van der Waals surface area contributed by atoms with Crippen LogP contribution in [0.1, 0.15) is 11.3 Å². The van der Waals surface area contributed by atoms with Gasteiger partial charge in [0.2, 0.25) is 0 Å². The van der Waals surface area contributed by atoms with Crippen LogP contribution in [0.3, 0.4) is 0 Å². The van der Waals surface area contributed by atoms with Gasteiger partial charge < -0.3 is 9.47 Å². The van der Waals surface area contributed by atoms with Crippen LogP contribution in [-0.4, -0.2) is 17.1 Å². The largest absolute Gasteiger partial charge is 0.497 e. The van der Waals surface area contributed by atoms with Crippen LogP contribution in [0.4, 0.5) is 0 Å². The Kier molecular flexibility index (Phi) is 4.11. The summed E-state index contributed by atoms with van der Waals surface area (Å²) in [5.74, 6) is 1.51. The average molecular weight is 315 g/mol. The lowest BCUT2D eigenvalue weighted by atomic mass is 10.2. The third kappa shape index (κ3) is 2.97. The third-order valence-electron chi connectivity index (χ3n) is 3.40. The number of pyridine rings is 2. The summed E-state index contributed by atoms with van der Waals surface area (Å²) in [4.78, 5) is 8.60. The van der Waals surface area contributed by atoms with Gasteiger partial charge in [0, 0.05) is 12.3 Å². The van der Waals surface area contributed by atoms with Crippen molar-refractivity contribution >= 4 is 22.5 Å². The molecule has 112 valence electrons. The standard InChI is InChI=1S/C17H15ClN2O2/c1-11-17-14(7-8-19-11)20-16(18)9-15(17)22-10-12-3-5-13(21-2)6-4-12/h3-9H,10H2,1-2H3. The van der Waals surface area contributed by atoms with Gasteiger partial charge in [-0.3, -0.25) is 4.98 Å². The number of methoxy groups -OCH3 is 1. The molecule has 1 aromatic carbocycles. The fourth-order valence-electron chi connectivity index (χ4n) is 2.27. The van der Waals surface area contributed by atoms with Crippen molar-refractivity contribution in [1.29, 1.82) is 0 Å². The van der Waals surface area contributed by atoms with Crippen molar-refractivity contribution in [1.82, 2.24) is 9.97 Å². The summed E-state index contributed by atoms with van der Waals surface area (Å²) in [5.41, 5.74) is 2.69. The maximum atomic E-state index is 6.07. The van der Waals surface area contributed by atoms with Gasteiger partial charge in [-0.15, -0.1) is 0 Å². The summed E-state index contributed by atoms with van der Waals surface area (Å²) in [6.07, 6.45) is 1.72. The van der Waals surface area contributed by atoms with E-state index >= 15 is 0 Å². The molecule has 5 heteroatoms. The number of hydrogen-bond acceptors (Lipinski definition) is 4. The molecule has 2 heterocycles. The summed E-state index contributed by atoms with van der Waals surface area (Å²) in [7, 11) is 1.65. The number of rotatable bonds is 4. The molecule has 0 spiro atoms.